The molecule has 0 fully saturated rings. The lowest BCUT2D eigenvalue weighted by molar-refractivity contribution is 0.507. The summed E-state index contributed by atoms with van der Waals surface area (Å²) >= 11 is 3.30. The highest BCUT2D eigenvalue weighted by molar-refractivity contribution is 9.10. The van der Waals surface area contributed by atoms with Gasteiger partial charge in [0.25, 0.3) is 0 Å². The molecule has 0 unspecified atom stereocenters. The first-order chi connectivity index (χ1) is 4.52. The Labute approximate surface area is 69.6 Å². The number of rotatable bonds is 0. The zero-order valence-corrected chi connectivity index (χ0v) is 7.95. The van der Waals surface area contributed by atoms with Crippen LogP contribution in [0.1, 0.15) is 26.3 Å². The molecule has 0 atom stereocenters. The molecule has 55 valence electrons. The first-order valence-electron chi connectivity index (χ1n) is 3.17. The number of halogens is 1. The Kier molecular flexibility index (Phi) is 1.90. The van der Waals surface area contributed by atoms with Crippen LogP contribution >= 0.6 is 15.9 Å². The van der Waals surface area contributed by atoms with Gasteiger partial charge in [-0.05, 0) is 27.4 Å². The fraction of sp³-hybridized carbons (Fsp3) is 0.500. The van der Waals surface area contributed by atoms with Crippen molar-refractivity contribution in [3.05, 3.63) is 22.6 Å². The molecule has 0 aromatic carbocycles. The Morgan fingerprint density at radius 1 is 1.50 bits per heavy atom. The Bertz CT molecular complexity index is 219. The van der Waals surface area contributed by atoms with Gasteiger partial charge in [-0.3, -0.25) is 0 Å². The second-order valence-electron chi connectivity index (χ2n) is 3.30. The van der Waals surface area contributed by atoms with Crippen molar-refractivity contribution in [2.75, 3.05) is 0 Å². The smallest absolute Gasteiger partial charge is 0.173 e. The molecule has 1 radical (unpaired) electrons. The van der Waals surface area contributed by atoms with Crippen LogP contribution < -0.4 is 0 Å². The SMILES string of the molecule is CC(C)(C)c1c[c]oc1Br. The topological polar surface area (TPSA) is 13.1 Å². The normalized spacial score (nSPS) is 12.0. The van der Waals surface area contributed by atoms with E-state index >= 15 is 0 Å². The molecule has 1 rings (SSSR count). The molecular formula is C8H10BrO. The monoisotopic (exact) mass is 201 g/mol. The molecule has 0 aliphatic heterocycles. The summed E-state index contributed by atoms with van der Waals surface area (Å²) in [5.41, 5.74) is 1.30. The van der Waals surface area contributed by atoms with Crippen molar-refractivity contribution in [1.82, 2.24) is 0 Å². The van der Waals surface area contributed by atoms with Crippen molar-refractivity contribution in [3.63, 3.8) is 0 Å². The molecule has 0 amide bonds. The summed E-state index contributed by atoms with van der Waals surface area (Å²) in [7, 11) is 0. The Morgan fingerprint density at radius 3 is 2.30 bits per heavy atom. The average Bonchev–Trinajstić information content (AvgIpc) is 2.11. The highest BCUT2D eigenvalue weighted by Gasteiger charge is 2.18. The summed E-state index contributed by atoms with van der Waals surface area (Å²) in [6.07, 6.45) is 2.68. The van der Waals surface area contributed by atoms with Crippen LogP contribution in [0.25, 0.3) is 0 Å². The third-order valence-corrected chi connectivity index (χ3v) is 1.96. The van der Waals surface area contributed by atoms with Crippen molar-refractivity contribution >= 4 is 15.9 Å². The van der Waals surface area contributed by atoms with Gasteiger partial charge < -0.3 is 4.42 Å². The van der Waals surface area contributed by atoms with Crippen LogP contribution in [0.3, 0.4) is 0 Å². The van der Waals surface area contributed by atoms with E-state index in [4.69, 9.17) is 4.42 Å². The van der Waals surface area contributed by atoms with E-state index in [1.54, 1.807) is 0 Å². The van der Waals surface area contributed by atoms with Crippen LogP contribution in [0.2, 0.25) is 0 Å². The third-order valence-electron chi connectivity index (χ3n) is 1.37. The summed E-state index contributed by atoms with van der Waals surface area (Å²) < 4.78 is 5.77. The van der Waals surface area contributed by atoms with Crippen molar-refractivity contribution in [2.24, 2.45) is 0 Å². The minimum atomic E-state index is 0.141. The van der Waals surface area contributed by atoms with Gasteiger partial charge in [-0.1, -0.05) is 20.8 Å². The fourth-order valence-electron chi connectivity index (χ4n) is 0.763. The molecule has 1 aromatic rings. The lowest BCUT2D eigenvalue weighted by atomic mass is 9.89. The van der Waals surface area contributed by atoms with Crippen LogP contribution in [0.4, 0.5) is 0 Å². The molecule has 0 aliphatic carbocycles. The molecule has 0 aliphatic rings. The minimum Gasteiger partial charge on any atom is -0.446 e. The Hall–Kier alpha value is -0.240. The molecule has 1 aromatic heterocycles. The predicted octanol–water partition coefficient (Wildman–Crippen LogP) is 3.14. The molecule has 0 spiro atoms. The maximum absolute atomic E-state index is 4.98. The molecule has 1 heterocycles. The second-order valence-corrected chi connectivity index (χ2v) is 4.02. The van der Waals surface area contributed by atoms with Crippen LogP contribution in [-0.4, -0.2) is 0 Å². The van der Waals surface area contributed by atoms with Crippen LogP contribution in [0.15, 0.2) is 15.2 Å². The summed E-state index contributed by atoms with van der Waals surface area (Å²) in [6, 6.07) is 1.87. The minimum absolute atomic E-state index is 0.141. The maximum Gasteiger partial charge on any atom is 0.173 e. The fourth-order valence-corrected chi connectivity index (χ4v) is 1.57. The standard InChI is InChI=1S/C8H10BrO/c1-8(2,3)6-4-5-10-7(6)9/h4H,1-3H3. The summed E-state index contributed by atoms with van der Waals surface area (Å²) in [5.74, 6) is 0. The van der Waals surface area contributed by atoms with Gasteiger partial charge in [0.15, 0.2) is 10.9 Å². The van der Waals surface area contributed by atoms with Crippen molar-refractivity contribution in [3.8, 4) is 0 Å². The van der Waals surface area contributed by atoms with E-state index in [0.29, 0.717) is 0 Å². The van der Waals surface area contributed by atoms with Gasteiger partial charge in [0.2, 0.25) is 0 Å². The lowest BCUT2D eigenvalue weighted by Gasteiger charge is -2.15. The van der Waals surface area contributed by atoms with E-state index in [1.807, 2.05) is 6.07 Å². The van der Waals surface area contributed by atoms with Gasteiger partial charge in [-0.2, -0.15) is 0 Å². The molecule has 0 bridgehead atoms. The van der Waals surface area contributed by atoms with Gasteiger partial charge in [0, 0.05) is 5.56 Å². The maximum atomic E-state index is 4.98. The Morgan fingerprint density at radius 2 is 2.10 bits per heavy atom. The Balaban J connectivity index is 3.05. The quantitative estimate of drug-likeness (QED) is 0.629. The zero-order chi connectivity index (χ0) is 7.78. The van der Waals surface area contributed by atoms with Gasteiger partial charge in [0.05, 0.1) is 0 Å². The number of hydrogen-bond donors (Lipinski definition) is 0. The van der Waals surface area contributed by atoms with E-state index in [1.165, 1.54) is 0 Å². The predicted molar refractivity (Wildman–Crippen MR) is 43.9 cm³/mol. The number of hydrogen-bond acceptors (Lipinski definition) is 1. The van der Waals surface area contributed by atoms with Crippen LogP contribution in [-0.2, 0) is 5.41 Å². The van der Waals surface area contributed by atoms with E-state index < -0.39 is 0 Å². The van der Waals surface area contributed by atoms with E-state index in [-0.39, 0.29) is 5.41 Å². The van der Waals surface area contributed by atoms with Crippen molar-refractivity contribution in [2.45, 2.75) is 26.2 Å². The molecular weight excluding hydrogens is 192 g/mol. The highest BCUT2D eigenvalue weighted by atomic mass is 79.9. The van der Waals surface area contributed by atoms with E-state index in [0.717, 1.165) is 10.2 Å². The zero-order valence-electron chi connectivity index (χ0n) is 6.36. The van der Waals surface area contributed by atoms with Crippen LogP contribution in [0, 0.1) is 6.26 Å². The highest BCUT2D eigenvalue weighted by Crippen LogP contribution is 2.29. The van der Waals surface area contributed by atoms with Crippen molar-refractivity contribution < 1.29 is 4.42 Å². The molecule has 1 nitrogen and oxygen atoms in total. The second kappa shape index (κ2) is 2.42. The van der Waals surface area contributed by atoms with Gasteiger partial charge >= 0.3 is 0 Å². The first-order valence-corrected chi connectivity index (χ1v) is 3.97. The molecule has 0 saturated heterocycles. The summed E-state index contributed by atoms with van der Waals surface area (Å²) in [5, 5.41) is 0. The third kappa shape index (κ3) is 1.43. The van der Waals surface area contributed by atoms with Gasteiger partial charge in [-0.25, -0.2) is 0 Å². The van der Waals surface area contributed by atoms with Gasteiger partial charge in [-0.15, -0.1) is 0 Å². The summed E-state index contributed by atoms with van der Waals surface area (Å²) in [6.45, 7) is 6.41. The van der Waals surface area contributed by atoms with E-state index in [9.17, 15) is 0 Å². The largest absolute Gasteiger partial charge is 0.446 e. The average molecular weight is 202 g/mol. The molecule has 2 heteroatoms. The van der Waals surface area contributed by atoms with E-state index in [2.05, 4.69) is 43.0 Å². The molecule has 0 N–H and O–H groups in total. The molecule has 10 heavy (non-hydrogen) atoms. The van der Waals surface area contributed by atoms with Gasteiger partial charge in [0.1, 0.15) is 0 Å². The summed E-state index contributed by atoms with van der Waals surface area (Å²) in [4.78, 5) is 0. The lowest BCUT2D eigenvalue weighted by Crippen LogP contribution is -2.09. The van der Waals surface area contributed by atoms with Crippen molar-refractivity contribution in [1.29, 1.82) is 0 Å². The number of furan rings is 1. The molecule has 0 saturated carbocycles. The van der Waals surface area contributed by atoms with Crippen LogP contribution in [0.5, 0.6) is 0 Å². The first kappa shape index (κ1) is 7.86.